The van der Waals surface area contributed by atoms with Crippen LogP contribution < -0.4 is 5.32 Å². The molecule has 1 aromatic rings. The molecule has 0 aromatic heterocycles. The molecule has 0 radical (unpaired) electrons. The molecule has 7 heteroatoms. The Kier molecular flexibility index (Phi) is 6.51. The van der Waals surface area contributed by atoms with Crippen molar-refractivity contribution in [1.82, 2.24) is 10.2 Å². The summed E-state index contributed by atoms with van der Waals surface area (Å²) in [6.45, 7) is 3.44. The van der Waals surface area contributed by atoms with Crippen molar-refractivity contribution in [1.29, 1.82) is 0 Å². The molecule has 0 amide bonds. The number of rotatable bonds is 3. The molecule has 24 heavy (non-hydrogen) atoms. The Morgan fingerprint density at radius 3 is 2.25 bits per heavy atom. The first-order valence-corrected chi connectivity index (χ1v) is 8.28. The maximum Gasteiger partial charge on any atom is 0.419 e. The van der Waals surface area contributed by atoms with Crippen LogP contribution in [0.2, 0.25) is 0 Å². The summed E-state index contributed by atoms with van der Waals surface area (Å²) < 4.78 is 52.3. The summed E-state index contributed by atoms with van der Waals surface area (Å²) in [7, 11) is 0. The van der Waals surface area contributed by atoms with Crippen LogP contribution in [0, 0.1) is 11.7 Å². The molecule has 3 rings (SSSR count). The number of hydrogen-bond acceptors (Lipinski definition) is 2. The third kappa shape index (κ3) is 4.21. The number of piperazine rings is 1. The molecular weight excluding hydrogens is 344 g/mol. The summed E-state index contributed by atoms with van der Waals surface area (Å²) in [4.78, 5) is 2.30. The maximum atomic E-state index is 14.0. The molecule has 0 bridgehead atoms. The predicted octanol–water partition coefficient (Wildman–Crippen LogP) is 4.40. The van der Waals surface area contributed by atoms with E-state index in [9.17, 15) is 17.6 Å². The van der Waals surface area contributed by atoms with E-state index in [1.807, 2.05) is 0 Å². The number of nitrogens with one attached hydrogen (secondary N) is 1. The number of halogens is 5. The molecule has 1 aliphatic heterocycles. The van der Waals surface area contributed by atoms with Crippen LogP contribution in [0.25, 0.3) is 0 Å². The zero-order valence-corrected chi connectivity index (χ0v) is 14.2. The molecule has 1 atom stereocenters. The minimum absolute atomic E-state index is 0. The second-order valence-electron chi connectivity index (χ2n) is 6.51. The van der Waals surface area contributed by atoms with Crippen molar-refractivity contribution in [3.63, 3.8) is 0 Å². The van der Waals surface area contributed by atoms with E-state index in [-0.39, 0.29) is 18.4 Å². The molecule has 1 saturated heterocycles. The van der Waals surface area contributed by atoms with Gasteiger partial charge in [-0.3, -0.25) is 4.90 Å². The summed E-state index contributed by atoms with van der Waals surface area (Å²) in [5.74, 6) is -0.752. The van der Waals surface area contributed by atoms with Gasteiger partial charge in [0.25, 0.3) is 0 Å². The Morgan fingerprint density at radius 2 is 1.71 bits per heavy atom. The van der Waals surface area contributed by atoms with Gasteiger partial charge in [0, 0.05) is 32.2 Å². The van der Waals surface area contributed by atoms with Crippen molar-refractivity contribution in [2.24, 2.45) is 5.92 Å². The molecule has 136 valence electrons. The summed E-state index contributed by atoms with van der Waals surface area (Å²) in [5.41, 5.74) is -0.490. The van der Waals surface area contributed by atoms with Crippen molar-refractivity contribution >= 4 is 12.4 Å². The fourth-order valence-electron chi connectivity index (χ4n) is 3.96. The SMILES string of the molecule is Cl.Fc1cc([C@H](C2CCCC2)N2CCNCC2)ccc1C(F)(F)F. The molecule has 1 heterocycles. The van der Waals surface area contributed by atoms with Crippen molar-refractivity contribution in [2.75, 3.05) is 26.2 Å². The number of benzene rings is 1. The highest BCUT2D eigenvalue weighted by atomic mass is 35.5. The number of nitrogens with zero attached hydrogens (tertiary/aromatic N) is 1. The Balaban J connectivity index is 0.00000208. The lowest BCUT2D eigenvalue weighted by Gasteiger charge is -2.38. The van der Waals surface area contributed by atoms with E-state index in [1.165, 1.54) is 6.07 Å². The summed E-state index contributed by atoms with van der Waals surface area (Å²) in [6, 6.07) is 3.50. The van der Waals surface area contributed by atoms with Crippen molar-refractivity contribution in [2.45, 2.75) is 37.9 Å². The van der Waals surface area contributed by atoms with Crippen molar-refractivity contribution in [3.8, 4) is 0 Å². The summed E-state index contributed by atoms with van der Waals surface area (Å²) in [6.07, 6.45) is -0.207. The lowest BCUT2D eigenvalue weighted by atomic mass is 9.89. The Morgan fingerprint density at radius 1 is 1.08 bits per heavy atom. The molecule has 0 unspecified atom stereocenters. The van der Waals surface area contributed by atoms with Crippen LogP contribution in [-0.2, 0) is 6.18 Å². The lowest BCUT2D eigenvalue weighted by molar-refractivity contribution is -0.140. The summed E-state index contributed by atoms with van der Waals surface area (Å²) >= 11 is 0. The third-order valence-electron chi connectivity index (χ3n) is 5.03. The highest BCUT2D eigenvalue weighted by molar-refractivity contribution is 5.85. The molecule has 2 nitrogen and oxygen atoms in total. The van der Waals surface area contributed by atoms with Gasteiger partial charge in [-0.25, -0.2) is 4.39 Å². The van der Waals surface area contributed by atoms with Gasteiger partial charge in [-0.1, -0.05) is 18.9 Å². The minimum atomic E-state index is -4.64. The van der Waals surface area contributed by atoms with Crippen LogP contribution in [0.1, 0.15) is 42.9 Å². The van der Waals surface area contributed by atoms with E-state index >= 15 is 0 Å². The monoisotopic (exact) mass is 366 g/mol. The molecule has 1 N–H and O–H groups in total. The fraction of sp³-hybridized carbons (Fsp3) is 0.647. The maximum absolute atomic E-state index is 14.0. The molecule has 1 aromatic carbocycles. The zero-order valence-electron chi connectivity index (χ0n) is 13.4. The van der Waals surface area contributed by atoms with Gasteiger partial charge < -0.3 is 5.32 Å². The summed E-state index contributed by atoms with van der Waals surface area (Å²) in [5, 5.41) is 3.29. The minimum Gasteiger partial charge on any atom is -0.314 e. The molecule has 0 spiro atoms. The topological polar surface area (TPSA) is 15.3 Å². The largest absolute Gasteiger partial charge is 0.419 e. The Labute approximate surface area is 146 Å². The van der Waals surface area contributed by atoms with E-state index < -0.39 is 17.6 Å². The Bertz CT molecular complexity index is 538. The van der Waals surface area contributed by atoms with Gasteiger partial charge in [-0.15, -0.1) is 12.4 Å². The highest BCUT2D eigenvalue weighted by Crippen LogP contribution is 2.41. The molecule has 1 aliphatic carbocycles. The first-order chi connectivity index (χ1) is 11.0. The van der Waals surface area contributed by atoms with E-state index in [1.54, 1.807) is 0 Å². The molecular formula is C17H23ClF4N2. The normalized spacial score (nSPS) is 21.5. The second kappa shape index (κ2) is 8.02. The third-order valence-corrected chi connectivity index (χ3v) is 5.03. The van der Waals surface area contributed by atoms with Crippen LogP contribution in [0.5, 0.6) is 0 Å². The average molecular weight is 367 g/mol. The number of alkyl halides is 3. The molecule has 1 saturated carbocycles. The second-order valence-corrected chi connectivity index (χ2v) is 6.51. The van der Waals surface area contributed by atoms with Gasteiger partial charge in [0.05, 0.1) is 5.56 Å². The van der Waals surface area contributed by atoms with E-state index in [0.29, 0.717) is 11.5 Å². The van der Waals surface area contributed by atoms with E-state index in [4.69, 9.17) is 0 Å². The van der Waals surface area contributed by atoms with Crippen LogP contribution in [0.15, 0.2) is 18.2 Å². The highest BCUT2D eigenvalue weighted by Gasteiger charge is 2.36. The fourth-order valence-corrected chi connectivity index (χ4v) is 3.96. The molecule has 2 fully saturated rings. The van der Waals surface area contributed by atoms with Crippen LogP contribution >= 0.6 is 12.4 Å². The van der Waals surface area contributed by atoms with Crippen LogP contribution in [0.3, 0.4) is 0 Å². The van der Waals surface area contributed by atoms with Gasteiger partial charge in [-0.05, 0) is 36.5 Å². The lowest BCUT2D eigenvalue weighted by Crippen LogP contribution is -2.46. The Hall–Kier alpha value is -0.850. The smallest absolute Gasteiger partial charge is 0.314 e. The van der Waals surface area contributed by atoms with Gasteiger partial charge in [-0.2, -0.15) is 13.2 Å². The van der Waals surface area contributed by atoms with Gasteiger partial charge >= 0.3 is 6.18 Å². The van der Waals surface area contributed by atoms with Gasteiger partial charge in [0.1, 0.15) is 5.82 Å². The van der Waals surface area contributed by atoms with Crippen molar-refractivity contribution in [3.05, 3.63) is 35.1 Å². The predicted molar refractivity (Wildman–Crippen MR) is 87.8 cm³/mol. The standard InChI is InChI=1S/C17H22F4N2.ClH/c18-15-11-13(5-6-14(15)17(19,20)21)16(12-3-1-2-4-12)23-9-7-22-8-10-23;/h5-6,11-12,16,22H,1-4,7-10H2;1H/t16-;/m0./s1. The van der Waals surface area contributed by atoms with E-state index in [0.717, 1.165) is 64.0 Å². The van der Waals surface area contributed by atoms with Crippen LogP contribution in [-0.4, -0.2) is 31.1 Å². The quantitative estimate of drug-likeness (QED) is 0.797. The number of hydrogen-bond donors (Lipinski definition) is 1. The van der Waals surface area contributed by atoms with Crippen molar-refractivity contribution < 1.29 is 17.6 Å². The molecule has 2 aliphatic rings. The average Bonchev–Trinajstić information content (AvgIpc) is 3.01. The first-order valence-electron chi connectivity index (χ1n) is 8.28. The van der Waals surface area contributed by atoms with Crippen LogP contribution in [0.4, 0.5) is 17.6 Å². The first kappa shape index (κ1) is 19.5. The van der Waals surface area contributed by atoms with E-state index in [2.05, 4.69) is 10.2 Å². The zero-order chi connectivity index (χ0) is 16.4. The van der Waals surface area contributed by atoms with Gasteiger partial charge in [0.15, 0.2) is 0 Å². The van der Waals surface area contributed by atoms with Gasteiger partial charge in [0.2, 0.25) is 0 Å².